The van der Waals surface area contributed by atoms with Gasteiger partial charge in [0.2, 0.25) is 5.91 Å². The molecule has 0 aromatic carbocycles. The van der Waals surface area contributed by atoms with Gasteiger partial charge in [-0.05, 0) is 31.8 Å². The minimum Gasteiger partial charge on any atom is -0.349 e. The van der Waals surface area contributed by atoms with Crippen LogP contribution in [-0.2, 0) is 11.3 Å². The molecule has 1 saturated heterocycles. The van der Waals surface area contributed by atoms with Gasteiger partial charge in [0.05, 0.1) is 12.2 Å². The first-order valence-corrected chi connectivity index (χ1v) is 7.75. The molecule has 1 aromatic rings. The SMILES string of the molecule is Cc1sc(CNC(=O)C(C)C2CNC2)nc1C(C)C. The summed E-state index contributed by atoms with van der Waals surface area (Å²) in [5.41, 5.74) is 1.16. The van der Waals surface area contributed by atoms with E-state index in [1.807, 2.05) is 6.92 Å². The molecule has 2 heterocycles. The third kappa shape index (κ3) is 3.34. The molecule has 1 fully saturated rings. The molecule has 1 unspecified atom stereocenters. The summed E-state index contributed by atoms with van der Waals surface area (Å²) in [4.78, 5) is 17.9. The number of nitrogens with one attached hydrogen (secondary N) is 2. The molecule has 1 amide bonds. The molecule has 1 aliphatic rings. The summed E-state index contributed by atoms with van der Waals surface area (Å²) in [5.74, 6) is 1.17. The van der Waals surface area contributed by atoms with Crippen LogP contribution in [0.25, 0.3) is 0 Å². The minimum atomic E-state index is 0.0897. The molecule has 106 valence electrons. The van der Waals surface area contributed by atoms with Crippen molar-refractivity contribution < 1.29 is 4.79 Å². The maximum Gasteiger partial charge on any atom is 0.223 e. The fraction of sp³-hybridized carbons (Fsp3) is 0.714. The average Bonchev–Trinajstić information content (AvgIpc) is 2.65. The van der Waals surface area contributed by atoms with E-state index >= 15 is 0 Å². The van der Waals surface area contributed by atoms with Gasteiger partial charge >= 0.3 is 0 Å². The predicted octanol–water partition coefficient (Wildman–Crippen LogP) is 2.05. The topological polar surface area (TPSA) is 54.0 Å². The van der Waals surface area contributed by atoms with Crippen LogP contribution in [0.3, 0.4) is 0 Å². The van der Waals surface area contributed by atoms with E-state index in [0.717, 1.165) is 23.8 Å². The van der Waals surface area contributed by atoms with Gasteiger partial charge in [0.15, 0.2) is 0 Å². The van der Waals surface area contributed by atoms with E-state index in [2.05, 4.69) is 36.4 Å². The lowest BCUT2D eigenvalue weighted by Crippen LogP contribution is -2.49. The second-order valence-electron chi connectivity index (χ2n) is 5.63. The number of aromatic nitrogens is 1. The van der Waals surface area contributed by atoms with E-state index in [4.69, 9.17) is 0 Å². The third-order valence-corrected chi connectivity index (χ3v) is 4.76. The molecule has 0 bridgehead atoms. The fourth-order valence-electron chi connectivity index (χ4n) is 2.28. The van der Waals surface area contributed by atoms with E-state index in [-0.39, 0.29) is 11.8 Å². The van der Waals surface area contributed by atoms with Gasteiger partial charge in [-0.3, -0.25) is 4.79 Å². The lowest BCUT2D eigenvalue weighted by molar-refractivity contribution is -0.126. The molecule has 0 radical (unpaired) electrons. The Morgan fingerprint density at radius 1 is 1.47 bits per heavy atom. The Morgan fingerprint density at radius 3 is 2.63 bits per heavy atom. The van der Waals surface area contributed by atoms with Crippen molar-refractivity contribution >= 4 is 17.2 Å². The first-order valence-electron chi connectivity index (χ1n) is 6.93. The zero-order valence-corrected chi connectivity index (χ0v) is 12.9. The third-order valence-electron chi connectivity index (χ3n) is 3.77. The summed E-state index contributed by atoms with van der Waals surface area (Å²) in [6.45, 7) is 10.9. The molecule has 1 aliphatic heterocycles. The zero-order chi connectivity index (χ0) is 14.0. The Bertz CT molecular complexity index is 452. The van der Waals surface area contributed by atoms with E-state index in [0.29, 0.717) is 18.4 Å². The van der Waals surface area contributed by atoms with Crippen molar-refractivity contribution in [2.24, 2.45) is 11.8 Å². The first kappa shape index (κ1) is 14.5. The van der Waals surface area contributed by atoms with Crippen molar-refractivity contribution in [3.05, 3.63) is 15.6 Å². The van der Waals surface area contributed by atoms with Crippen LogP contribution in [0.1, 0.15) is 42.3 Å². The van der Waals surface area contributed by atoms with E-state index in [1.165, 1.54) is 4.88 Å². The number of rotatable bonds is 5. The zero-order valence-electron chi connectivity index (χ0n) is 12.1. The smallest absolute Gasteiger partial charge is 0.223 e. The van der Waals surface area contributed by atoms with Crippen LogP contribution in [0.2, 0.25) is 0 Å². The first-order chi connectivity index (χ1) is 8.99. The summed E-state index contributed by atoms with van der Waals surface area (Å²) in [6.07, 6.45) is 0. The molecule has 0 saturated carbocycles. The molecule has 0 aliphatic carbocycles. The summed E-state index contributed by atoms with van der Waals surface area (Å²) < 4.78 is 0. The highest BCUT2D eigenvalue weighted by atomic mass is 32.1. The number of thiazole rings is 1. The fourth-order valence-corrected chi connectivity index (χ4v) is 3.31. The van der Waals surface area contributed by atoms with Crippen molar-refractivity contribution in [1.29, 1.82) is 0 Å². The van der Waals surface area contributed by atoms with Crippen molar-refractivity contribution in [1.82, 2.24) is 15.6 Å². The molecular weight excluding hydrogens is 258 g/mol. The van der Waals surface area contributed by atoms with Gasteiger partial charge in [-0.25, -0.2) is 4.98 Å². The number of carbonyl (C=O) groups excluding carboxylic acids is 1. The van der Waals surface area contributed by atoms with Crippen LogP contribution in [-0.4, -0.2) is 24.0 Å². The largest absolute Gasteiger partial charge is 0.349 e. The Morgan fingerprint density at radius 2 is 2.16 bits per heavy atom. The highest BCUT2D eigenvalue weighted by molar-refractivity contribution is 7.11. The molecule has 19 heavy (non-hydrogen) atoms. The maximum atomic E-state index is 12.0. The highest BCUT2D eigenvalue weighted by Gasteiger charge is 2.28. The van der Waals surface area contributed by atoms with Crippen LogP contribution in [0, 0.1) is 18.8 Å². The molecule has 1 aromatic heterocycles. The van der Waals surface area contributed by atoms with Crippen LogP contribution in [0.5, 0.6) is 0 Å². The minimum absolute atomic E-state index is 0.0897. The van der Waals surface area contributed by atoms with Gasteiger partial charge < -0.3 is 10.6 Å². The van der Waals surface area contributed by atoms with Gasteiger partial charge in [-0.1, -0.05) is 20.8 Å². The van der Waals surface area contributed by atoms with Crippen molar-refractivity contribution in [2.75, 3.05) is 13.1 Å². The van der Waals surface area contributed by atoms with Crippen LogP contribution in [0.15, 0.2) is 0 Å². The molecule has 4 nitrogen and oxygen atoms in total. The molecule has 5 heteroatoms. The molecular formula is C14H23N3OS. The Balaban J connectivity index is 1.87. The second-order valence-corrected chi connectivity index (χ2v) is 6.92. The van der Waals surface area contributed by atoms with Crippen LogP contribution < -0.4 is 10.6 Å². The molecule has 0 spiro atoms. The van der Waals surface area contributed by atoms with Gasteiger partial charge in [0.25, 0.3) is 0 Å². The van der Waals surface area contributed by atoms with Crippen molar-refractivity contribution in [3.63, 3.8) is 0 Å². The van der Waals surface area contributed by atoms with Crippen molar-refractivity contribution in [3.8, 4) is 0 Å². The second kappa shape index (κ2) is 6.01. The lowest BCUT2D eigenvalue weighted by atomic mass is 9.88. The summed E-state index contributed by atoms with van der Waals surface area (Å²) in [5, 5.41) is 7.22. The van der Waals surface area contributed by atoms with Gasteiger partial charge in [-0.15, -0.1) is 11.3 Å². The normalized spacial score (nSPS) is 17.3. The van der Waals surface area contributed by atoms with E-state index < -0.39 is 0 Å². The van der Waals surface area contributed by atoms with Crippen LogP contribution in [0.4, 0.5) is 0 Å². The summed E-state index contributed by atoms with van der Waals surface area (Å²) >= 11 is 1.69. The number of hydrogen-bond donors (Lipinski definition) is 2. The van der Waals surface area contributed by atoms with E-state index in [1.54, 1.807) is 11.3 Å². The average molecular weight is 281 g/mol. The number of amides is 1. The number of hydrogen-bond acceptors (Lipinski definition) is 4. The number of carbonyl (C=O) groups is 1. The summed E-state index contributed by atoms with van der Waals surface area (Å²) in [7, 11) is 0. The molecule has 2 N–H and O–H groups in total. The maximum absolute atomic E-state index is 12.0. The van der Waals surface area contributed by atoms with Gasteiger partial charge in [-0.2, -0.15) is 0 Å². The summed E-state index contributed by atoms with van der Waals surface area (Å²) in [6, 6.07) is 0. The predicted molar refractivity (Wildman–Crippen MR) is 78.3 cm³/mol. The highest BCUT2D eigenvalue weighted by Crippen LogP contribution is 2.24. The Hall–Kier alpha value is -0.940. The Kier molecular flexibility index (Phi) is 4.58. The van der Waals surface area contributed by atoms with E-state index in [9.17, 15) is 4.79 Å². The van der Waals surface area contributed by atoms with Crippen LogP contribution >= 0.6 is 11.3 Å². The Labute approximate surface area is 119 Å². The van der Waals surface area contributed by atoms with Crippen molar-refractivity contribution in [2.45, 2.75) is 40.2 Å². The quantitative estimate of drug-likeness (QED) is 0.868. The number of aryl methyl sites for hydroxylation is 1. The van der Waals surface area contributed by atoms with Gasteiger partial charge in [0.1, 0.15) is 5.01 Å². The standard InChI is InChI=1S/C14H23N3OS/c1-8(2)13-10(4)19-12(17-13)7-16-14(18)9(3)11-5-15-6-11/h8-9,11,15H,5-7H2,1-4H3,(H,16,18). The lowest BCUT2D eigenvalue weighted by Gasteiger charge is -2.31. The molecule has 1 atom stereocenters. The van der Waals surface area contributed by atoms with Gasteiger partial charge in [0, 0.05) is 10.8 Å². The molecule has 2 rings (SSSR count). The monoisotopic (exact) mass is 281 g/mol. The number of nitrogens with zero attached hydrogens (tertiary/aromatic N) is 1.